The van der Waals surface area contributed by atoms with Crippen LogP contribution in [0.5, 0.6) is 0 Å². The Morgan fingerprint density at radius 1 is 1.37 bits per heavy atom. The van der Waals surface area contributed by atoms with E-state index < -0.39 is 6.04 Å². The van der Waals surface area contributed by atoms with Crippen LogP contribution >= 0.6 is 0 Å². The van der Waals surface area contributed by atoms with Gasteiger partial charge in [0.25, 0.3) is 0 Å². The standard InChI is InChI=1S/C15H18N2O2/c1-3-14(18)16-11(2)15(19)17-9-8-12-6-4-5-7-13(12)10-17/h3-7,11H,1,8-10H2,2H3,(H,16,18)/t11-/m0/s1. The molecular formula is C15H18N2O2. The van der Waals surface area contributed by atoms with Crippen molar-refractivity contribution in [3.8, 4) is 0 Å². The molecule has 4 nitrogen and oxygen atoms in total. The molecule has 0 aromatic heterocycles. The molecule has 2 rings (SSSR count). The number of rotatable bonds is 3. The summed E-state index contributed by atoms with van der Waals surface area (Å²) < 4.78 is 0. The molecule has 1 aromatic rings. The Balaban J connectivity index is 2.02. The molecule has 0 fully saturated rings. The third kappa shape index (κ3) is 3.02. The molecule has 4 heteroatoms. The first-order chi connectivity index (χ1) is 9.11. The molecule has 2 amide bonds. The van der Waals surface area contributed by atoms with Crippen molar-refractivity contribution in [2.24, 2.45) is 0 Å². The first kappa shape index (κ1) is 13.3. The lowest BCUT2D eigenvalue weighted by Crippen LogP contribution is -2.48. The molecule has 1 aromatic carbocycles. The van der Waals surface area contributed by atoms with Gasteiger partial charge in [-0.05, 0) is 30.5 Å². The summed E-state index contributed by atoms with van der Waals surface area (Å²) in [6.07, 6.45) is 2.04. The van der Waals surface area contributed by atoms with Crippen LogP contribution in [-0.4, -0.2) is 29.3 Å². The third-order valence-electron chi connectivity index (χ3n) is 3.36. The normalized spacial score (nSPS) is 15.3. The fraction of sp³-hybridized carbons (Fsp3) is 0.333. The molecule has 0 bridgehead atoms. The second-order valence-electron chi connectivity index (χ2n) is 4.71. The molecule has 1 aliphatic rings. The third-order valence-corrected chi connectivity index (χ3v) is 3.36. The molecular weight excluding hydrogens is 240 g/mol. The molecule has 1 aliphatic heterocycles. The zero-order chi connectivity index (χ0) is 13.8. The van der Waals surface area contributed by atoms with Gasteiger partial charge in [-0.2, -0.15) is 0 Å². The molecule has 1 heterocycles. The predicted molar refractivity (Wildman–Crippen MR) is 73.4 cm³/mol. The number of fused-ring (bicyclic) bond motifs is 1. The van der Waals surface area contributed by atoms with Crippen LogP contribution in [0.25, 0.3) is 0 Å². The maximum Gasteiger partial charge on any atom is 0.245 e. The van der Waals surface area contributed by atoms with Crippen LogP contribution in [0.3, 0.4) is 0 Å². The maximum atomic E-state index is 12.2. The highest BCUT2D eigenvalue weighted by atomic mass is 16.2. The maximum absolute atomic E-state index is 12.2. The van der Waals surface area contributed by atoms with Crippen molar-refractivity contribution in [3.05, 3.63) is 48.0 Å². The van der Waals surface area contributed by atoms with E-state index in [0.29, 0.717) is 13.1 Å². The van der Waals surface area contributed by atoms with E-state index in [0.717, 1.165) is 6.42 Å². The van der Waals surface area contributed by atoms with Gasteiger partial charge in [0.05, 0.1) is 0 Å². The zero-order valence-electron chi connectivity index (χ0n) is 11.1. The minimum Gasteiger partial charge on any atom is -0.341 e. The number of carbonyl (C=O) groups excluding carboxylic acids is 2. The van der Waals surface area contributed by atoms with E-state index >= 15 is 0 Å². The highest BCUT2D eigenvalue weighted by molar-refractivity contribution is 5.92. The van der Waals surface area contributed by atoms with Gasteiger partial charge in [0, 0.05) is 13.1 Å². The van der Waals surface area contributed by atoms with Gasteiger partial charge in [-0.25, -0.2) is 0 Å². The van der Waals surface area contributed by atoms with Crippen LogP contribution in [-0.2, 0) is 22.6 Å². The van der Waals surface area contributed by atoms with Crippen molar-refractivity contribution >= 4 is 11.8 Å². The largest absolute Gasteiger partial charge is 0.341 e. The van der Waals surface area contributed by atoms with E-state index in [-0.39, 0.29) is 11.8 Å². The van der Waals surface area contributed by atoms with Crippen LogP contribution in [0.2, 0.25) is 0 Å². The highest BCUT2D eigenvalue weighted by Gasteiger charge is 2.24. The number of hydrogen-bond acceptors (Lipinski definition) is 2. The fourth-order valence-corrected chi connectivity index (χ4v) is 2.29. The average Bonchev–Trinajstić information content (AvgIpc) is 2.45. The molecule has 0 unspecified atom stereocenters. The Hall–Kier alpha value is -2.10. The summed E-state index contributed by atoms with van der Waals surface area (Å²) in [5.74, 6) is -0.372. The van der Waals surface area contributed by atoms with Gasteiger partial charge >= 0.3 is 0 Å². The van der Waals surface area contributed by atoms with Crippen LogP contribution in [0.1, 0.15) is 18.1 Å². The minimum absolute atomic E-state index is 0.0512. The van der Waals surface area contributed by atoms with Gasteiger partial charge in [0.2, 0.25) is 11.8 Å². The molecule has 1 N–H and O–H groups in total. The first-order valence-corrected chi connectivity index (χ1v) is 6.40. The SMILES string of the molecule is C=CC(=O)N[C@@H](C)C(=O)N1CCc2ccccc2C1. The Morgan fingerprint density at radius 2 is 2.05 bits per heavy atom. The summed E-state index contributed by atoms with van der Waals surface area (Å²) in [5, 5.41) is 2.60. The molecule has 0 saturated heterocycles. The number of nitrogens with zero attached hydrogens (tertiary/aromatic N) is 1. The monoisotopic (exact) mass is 258 g/mol. The van der Waals surface area contributed by atoms with E-state index in [1.165, 1.54) is 17.2 Å². The van der Waals surface area contributed by atoms with Gasteiger partial charge in [-0.3, -0.25) is 9.59 Å². The lowest BCUT2D eigenvalue weighted by molar-refractivity contribution is -0.136. The van der Waals surface area contributed by atoms with Crippen molar-refractivity contribution in [3.63, 3.8) is 0 Å². The number of nitrogens with one attached hydrogen (secondary N) is 1. The number of carbonyl (C=O) groups is 2. The lowest BCUT2D eigenvalue weighted by atomic mass is 9.99. The summed E-state index contributed by atoms with van der Waals surface area (Å²) in [7, 11) is 0. The molecule has 0 spiro atoms. The minimum atomic E-state index is -0.518. The molecule has 19 heavy (non-hydrogen) atoms. The molecule has 0 radical (unpaired) electrons. The van der Waals surface area contributed by atoms with Crippen molar-refractivity contribution in [1.82, 2.24) is 10.2 Å². The molecule has 0 aliphatic carbocycles. The van der Waals surface area contributed by atoms with E-state index in [1.54, 1.807) is 11.8 Å². The van der Waals surface area contributed by atoms with Crippen LogP contribution in [0.4, 0.5) is 0 Å². The highest BCUT2D eigenvalue weighted by Crippen LogP contribution is 2.18. The second kappa shape index (κ2) is 5.69. The Labute approximate surface area is 113 Å². The Kier molecular flexibility index (Phi) is 4.00. The first-order valence-electron chi connectivity index (χ1n) is 6.40. The van der Waals surface area contributed by atoms with Gasteiger partial charge in [0.15, 0.2) is 0 Å². The van der Waals surface area contributed by atoms with Crippen molar-refractivity contribution in [1.29, 1.82) is 0 Å². The zero-order valence-corrected chi connectivity index (χ0v) is 11.1. The number of amides is 2. The summed E-state index contributed by atoms with van der Waals surface area (Å²) in [6.45, 7) is 6.39. The number of benzene rings is 1. The number of hydrogen-bond donors (Lipinski definition) is 1. The van der Waals surface area contributed by atoms with Gasteiger partial charge in [-0.1, -0.05) is 30.8 Å². The van der Waals surface area contributed by atoms with Crippen molar-refractivity contribution in [2.75, 3.05) is 6.54 Å². The molecule has 100 valence electrons. The van der Waals surface area contributed by atoms with Crippen LogP contribution in [0, 0.1) is 0 Å². The molecule has 0 saturated carbocycles. The van der Waals surface area contributed by atoms with E-state index in [4.69, 9.17) is 0 Å². The van der Waals surface area contributed by atoms with Crippen molar-refractivity contribution < 1.29 is 9.59 Å². The Morgan fingerprint density at radius 3 is 2.74 bits per heavy atom. The smallest absolute Gasteiger partial charge is 0.245 e. The quantitative estimate of drug-likeness (QED) is 0.830. The van der Waals surface area contributed by atoms with E-state index in [2.05, 4.69) is 18.0 Å². The van der Waals surface area contributed by atoms with E-state index in [9.17, 15) is 9.59 Å². The van der Waals surface area contributed by atoms with Gasteiger partial charge in [0.1, 0.15) is 6.04 Å². The predicted octanol–water partition coefficient (Wildman–Crippen LogP) is 1.26. The van der Waals surface area contributed by atoms with Crippen LogP contribution in [0.15, 0.2) is 36.9 Å². The summed E-state index contributed by atoms with van der Waals surface area (Å²) in [4.78, 5) is 25.2. The van der Waals surface area contributed by atoms with Gasteiger partial charge in [-0.15, -0.1) is 0 Å². The van der Waals surface area contributed by atoms with Crippen molar-refractivity contribution in [2.45, 2.75) is 25.9 Å². The summed E-state index contributed by atoms with van der Waals surface area (Å²) >= 11 is 0. The second-order valence-corrected chi connectivity index (χ2v) is 4.71. The van der Waals surface area contributed by atoms with Gasteiger partial charge < -0.3 is 10.2 Å². The Bertz CT molecular complexity index is 511. The molecule has 1 atom stereocenters. The summed E-state index contributed by atoms with van der Waals surface area (Å²) in [5.41, 5.74) is 2.48. The topological polar surface area (TPSA) is 49.4 Å². The van der Waals surface area contributed by atoms with E-state index in [1.807, 2.05) is 18.2 Å². The fourth-order valence-electron chi connectivity index (χ4n) is 2.29. The average molecular weight is 258 g/mol. The van der Waals surface area contributed by atoms with Crippen LogP contribution < -0.4 is 5.32 Å². The lowest BCUT2D eigenvalue weighted by Gasteiger charge is -2.31. The summed E-state index contributed by atoms with van der Waals surface area (Å²) in [6, 6.07) is 7.62.